The molecule has 0 aliphatic rings. The summed E-state index contributed by atoms with van der Waals surface area (Å²) in [4.78, 5) is 5.19. The summed E-state index contributed by atoms with van der Waals surface area (Å²) in [5.41, 5.74) is 3.33. The molecule has 0 aliphatic heterocycles. The van der Waals surface area contributed by atoms with Gasteiger partial charge in [0.2, 0.25) is 0 Å². The molecule has 2 heterocycles. The van der Waals surface area contributed by atoms with Gasteiger partial charge in [0.15, 0.2) is 0 Å². The maximum Gasteiger partial charge on any atom is 0.0356 e. The number of benzene rings is 1. The molecule has 2 nitrogen and oxygen atoms in total. The Morgan fingerprint density at radius 2 is 1.73 bits per heavy atom. The number of pyridine rings is 1. The molecular formula is C18H14N2S2. The topological polar surface area (TPSA) is 24.9 Å². The normalized spacial score (nSPS) is 10.0. The first-order valence-electron chi connectivity index (χ1n) is 6.83. The summed E-state index contributed by atoms with van der Waals surface area (Å²) in [6, 6.07) is 14.3. The predicted molar refractivity (Wildman–Crippen MR) is 93.7 cm³/mol. The third-order valence-electron chi connectivity index (χ3n) is 2.94. The standard InChI is InChI=1S/C18H14N2S2/c1(2-17-9-12-21-14-17)15-3-5-18(6-4-15)22-20-13-16-7-10-19-11-8-16/h3-12,14,20H,13H2. The van der Waals surface area contributed by atoms with Crippen LogP contribution < -0.4 is 4.72 Å². The first-order chi connectivity index (χ1) is 10.9. The van der Waals surface area contributed by atoms with E-state index in [1.165, 1.54) is 10.5 Å². The zero-order valence-electron chi connectivity index (χ0n) is 11.8. The van der Waals surface area contributed by atoms with E-state index >= 15 is 0 Å². The summed E-state index contributed by atoms with van der Waals surface area (Å²) in [6.07, 6.45) is 3.62. The SMILES string of the molecule is C(#Cc1ccsc1)c1ccc(SNCc2ccncc2)cc1. The third-order valence-corrected chi connectivity index (χ3v) is 4.42. The maximum atomic E-state index is 4.01. The highest BCUT2D eigenvalue weighted by atomic mass is 32.2. The van der Waals surface area contributed by atoms with E-state index in [9.17, 15) is 0 Å². The molecule has 108 valence electrons. The van der Waals surface area contributed by atoms with Crippen LogP contribution >= 0.6 is 23.3 Å². The highest BCUT2D eigenvalue weighted by Gasteiger charge is 1.95. The van der Waals surface area contributed by atoms with E-state index in [1.54, 1.807) is 23.3 Å². The smallest absolute Gasteiger partial charge is 0.0356 e. The van der Waals surface area contributed by atoms with Crippen molar-refractivity contribution in [3.8, 4) is 11.8 Å². The Morgan fingerprint density at radius 3 is 2.45 bits per heavy atom. The Balaban J connectivity index is 1.53. The van der Waals surface area contributed by atoms with E-state index in [-0.39, 0.29) is 0 Å². The van der Waals surface area contributed by atoms with E-state index < -0.39 is 0 Å². The lowest BCUT2D eigenvalue weighted by molar-refractivity contribution is 0.969. The van der Waals surface area contributed by atoms with Gasteiger partial charge >= 0.3 is 0 Å². The quantitative estimate of drug-likeness (QED) is 0.571. The molecule has 1 aromatic carbocycles. The minimum atomic E-state index is 0.812. The molecule has 0 aliphatic carbocycles. The van der Waals surface area contributed by atoms with Crippen LogP contribution in [0, 0.1) is 11.8 Å². The van der Waals surface area contributed by atoms with Crippen LogP contribution in [-0.2, 0) is 6.54 Å². The molecule has 0 radical (unpaired) electrons. The Morgan fingerprint density at radius 1 is 0.955 bits per heavy atom. The van der Waals surface area contributed by atoms with Gasteiger partial charge in [0.05, 0.1) is 0 Å². The van der Waals surface area contributed by atoms with Crippen LogP contribution in [0.4, 0.5) is 0 Å². The van der Waals surface area contributed by atoms with E-state index in [0.717, 1.165) is 17.7 Å². The highest BCUT2D eigenvalue weighted by molar-refractivity contribution is 7.97. The van der Waals surface area contributed by atoms with Gasteiger partial charge in [-0.1, -0.05) is 11.8 Å². The van der Waals surface area contributed by atoms with Crippen molar-refractivity contribution < 1.29 is 0 Å². The number of thiophene rings is 1. The molecule has 0 amide bonds. The van der Waals surface area contributed by atoms with Crippen LogP contribution in [0.15, 0.2) is 70.5 Å². The van der Waals surface area contributed by atoms with Gasteiger partial charge in [0.1, 0.15) is 0 Å². The lowest BCUT2D eigenvalue weighted by atomic mass is 10.2. The fourth-order valence-corrected chi connectivity index (χ4v) is 3.06. The van der Waals surface area contributed by atoms with Crippen molar-refractivity contribution in [1.29, 1.82) is 0 Å². The molecule has 1 N–H and O–H groups in total. The average Bonchev–Trinajstić information content (AvgIpc) is 3.09. The van der Waals surface area contributed by atoms with Crippen LogP contribution in [0.1, 0.15) is 16.7 Å². The molecule has 0 fully saturated rings. The Kier molecular flexibility index (Phi) is 5.27. The summed E-state index contributed by atoms with van der Waals surface area (Å²) >= 11 is 3.29. The lowest BCUT2D eigenvalue weighted by Gasteiger charge is -2.04. The van der Waals surface area contributed by atoms with Gasteiger partial charge in [-0.05, 0) is 65.4 Å². The second-order valence-corrected chi connectivity index (χ2v) is 6.31. The molecule has 2 aromatic heterocycles. The molecule has 22 heavy (non-hydrogen) atoms. The zero-order chi connectivity index (χ0) is 15.0. The summed E-state index contributed by atoms with van der Waals surface area (Å²) in [6.45, 7) is 0.812. The molecule has 4 heteroatoms. The molecule has 0 atom stereocenters. The molecule has 0 saturated heterocycles. The van der Waals surface area contributed by atoms with E-state index in [0.29, 0.717) is 0 Å². The second kappa shape index (κ2) is 7.81. The van der Waals surface area contributed by atoms with Crippen molar-refractivity contribution >= 4 is 23.3 Å². The van der Waals surface area contributed by atoms with Gasteiger partial charge in [-0.3, -0.25) is 9.71 Å². The first kappa shape index (κ1) is 14.9. The Labute approximate surface area is 138 Å². The molecule has 0 bridgehead atoms. The molecule has 3 aromatic rings. The van der Waals surface area contributed by atoms with Crippen molar-refractivity contribution in [2.75, 3.05) is 0 Å². The average molecular weight is 322 g/mol. The van der Waals surface area contributed by atoms with Gasteiger partial charge in [-0.25, -0.2) is 0 Å². The molecule has 3 rings (SSSR count). The number of hydrogen-bond donors (Lipinski definition) is 1. The summed E-state index contributed by atoms with van der Waals surface area (Å²) in [5, 5.41) is 4.10. The monoisotopic (exact) mass is 322 g/mol. The summed E-state index contributed by atoms with van der Waals surface area (Å²) in [7, 11) is 0. The minimum Gasteiger partial charge on any atom is -0.265 e. The second-order valence-electron chi connectivity index (χ2n) is 4.57. The summed E-state index contributed by atoms with van der Waals surface area (Å²) < 4.78 is 3.35. The maximum absolute atomic E-state index is 4.01. The van der Waals surface area contributed by atoms with Crippen molar-refractivity contribution in [3.63, 3.8) is 0 Å². The van der Waals surface area contributed by atoms with Crippen LogP contribution in [0.3, 0.4) is 0 Å². The lowest BCUT2D eigenvalue weighted by Crippen LogP contribution is -2.02. The Hall–Kier alpha value is -2.06. The van der Waals surface area contributed by atoms with E-state index in [2.05, 4.69) is 51.2 Å². The van der Waals surface area contributed by atoms with Crippen molar-refractivity contribution in [2.24, 2.45) is 0 Å². The number of hydrogen-bond acceptors (Lipinski definition) is 4. The number of nitrogens with zero attached hydrogens (tertiary/aromatic N) is 1. The van der Waals surface area contributed by atoms with Gasteiger partial charge in [-0.2, -0.15) is 11.3 Å². The number of nitrogens with one attached hydrogen (secondary N) is 1. The first-order valence-corrected chi connectivity index (χ1v) is 8.59. The van der Waals surface area contributed by atoms with Gasteiger partial charge in [0, 0.05) is 40.3 Å². The van der Waals surface area contributed by atoms with E-state index in [4.69, 9.17) is 0 Å². The molecule has 0 spiro atoms. The zero-order valence-corrected chi connectivity index (χ0v) is 13.5. The van der Waals surface area contributed by atoms with Gasteiger partial charge in [0.25, 0.3) is 0 Å². The van der Waals surface area contributed by atoms with Crippen LogP contribution in [0.2, 0.25) is 0 Å². The third kappa shape index (κ3) is 4.47. The predicted octanol–water partition coefficient (Wildman–Crippen LogP) is 4.34. The minimum absolute atomic E-state index is 0.812. The van der Waals surface area contributed by atoms with Crippen molar-refractivity contribution in [2.45, 2.75) is 11.4 Å². The fraction of sp³-hybridized carbons (Fsp3) is 0.0556. The molecule has 0 unspecified atom stereocenters. The number of rotatable bonds is 4. The molecule has 0 saturated carbocycles. The van der Waals surface area contributed by atoms with Crippen LogP contribution in [-0.4, -0.2) is 4.98 Å². The van der Waals surface area contributed by atoms with Crippen molar-refractivity contribution in [1.82, 2.24) is 9.71 Å². The van der Waals surface area contributed by atoms with Crippen molar-refractivity contribution in [3.05, 3.63) is 82.3 Å². The summed E-state index contributed by atoms with van der Waals surface area (Å²) in [5.74, 6) is 6.33. The highest BCUT2D eigenvalue weighted by Crippen LogP contribution is 2.16. The fourth-order valence-electron chi connectivity index (χ4n) is 1.79. The largest absolute Gasteiger partial charge is 0.265 e. The molecular weight excluding hydrogens is 308 g/mol. The number of aromatic nitrogens is 1. The van der Waals surface area contributed by atoms with Gasteiger partial charge in [-0.15, -0.1) is 0 Å². The van der Waals surface area contributed by atoms with Crippen LogP contribution in [0.25, 0.3) is 0 Å². The Bertz CT molecular complexity index is 754. The van der Waals surface area contributed by atoms with E-state index in [1.807, 2.05) is 36.0 Å². The van der Waals surface area contributed by atoms with Gasteiger partial charge < -0.3 is 0 Å². The van der Waals surface area contributed by atoms with Crippen LogP contribution in [0.5, 0.6) is 0 Å².